The molecule has 2 rings (SSSR count). The van der Waals surface area contributed by atoms with Crippen LogP contribution in [0.25, 0.3) is 0 Å². The second kappa shape index (κ2) is 12.5. The van der Waals surface area contributed by atoms with Gasteiger partial charge in [-0.05, 0) is 38.7 Å². The van der Waals surface area contributed by atoms with Crippen molar-refractivity contribution in [1.82, 2.24) is 15.5 Å². The van der Waals surface area contributed by atoms with Gasteiger partial charge in [-0.25, -0.2) is 0 Å². The van der Waals surface area contributed by atoms with Crippen LogP contribution in [0.5, 0.6) is 0 Å². The fraction of sp³-hybridized carbons (Fsp3) is 0.650. The summed E-state index contributed by atoms with van der Waals surface area (Å²) in [6, 6.07) is 7.25. The molecule has 1 saturated heterocycles. The Bertz CT molecular complexity index is 536. The van der Waals surface area contributed by atoms with Gasteiger partial charge in [0, 0.05) is 46.4 Å². The number of likely N-dealkylation sites (tertiary alicyclic amines) is 1. The number of benzene rings is 1. The zero-order chi connectivity index (χ0) is 18.1. The lowest BCUT2D eigenvalue weighted by molar-refractivity contribution is 0.128. The molecular formula is C20H35IN4O. The van der Waals surface area contributed by atoms with Crippen LogP contribution in [-0.4, -0.2) is 63.8 Å². The molecule has 5 nitrogen and oxygen atoms in total. The van der Waals surface area contributed by atoms with E-state index in [1.165, 1.54) is 16.7 Å². The number of methoxy groups -OCH3 is 1. The molecule has 1 heterocycles. The minimum absolute atomic E-state index is 0. The van der Waals surface area contributed by atoms with Gasteiger partial charge in [0.05, 0.1) is 6.61 Å². The average molecular weight is 474 g/mol. The van der Waals surface area contributed by atoms with Crippen molar-refractivity contribution < 1.29 is 4.74 Å². The molecule has 0 radical (unpaired) electrons. The molecule has 1 aliphatic rings. The van der Waals surface area contributed by atoms with Gasteiger partial charge in [0.15, 0.2) is 5.96 Å². The van der Waals surface area contributed by atoms with E-state index in [-0.39, 0.29) is 24.0 Å². The van der Waals surface area contributed by atoms with E-state index in [1.807, 2.05) is 7.05 Å². The zero-order valence-electron chi connectivity index (χ0n) is 16.7. The van der Waals surface area contributed by atoms with Gasteiger partial charge >= 0.3 is 0 Å². The highest BCUT2D eigenvalue weighted by atomic mass is 127. The van der Waals surface area contributed by atoms with Crippen molar-refractivity contribution in [3.63, 3.8) is 0 Å². The molecular weight excluding hydrogens is 439 g/mol. The molecule has 1 aliphatic heterocycles. The van der Waals surface area contributed by atoms with Crippen LogP contribution in [0.3, 0.4) is 0 Å². The van der Waals surface area contributed by atoms with E-state index in [9.17, 15) is 0 Å². The van der Waals surface area contributed by atoms with Crippen molar-refractivity contribution in [2.24, 2.45) is 4.99 Å². The molecule has 26 heavy (non-hydrogen) atoms. The number of hydrogen-bond acceptors (Lipinski definition) is 3. The number of nitrogens with zero attached hydrogens (tertiary/aromatic N) is 2. The normalized spacial score (nSPS) is 16.2. The Kier molecular flexibility index (Phi) is 11.2. The Hall–Kier alpha value is -0.860. The zero-order valence-corrected chi connectivity index (χ0v) is 19.0. The molecule has 0 atom stereocenters. The molecule has 0 aliphatic carbocycles. The molecule has 1 aromatic carbocycles. The van der Waals surface area contributed by atoms with Crippen molar-refractivity contribution in [3.05, 3.63) is 34.9 Å². The summed E-state index contributed by atoms with van der Waals surface area (Å²) in [5.41, 5.74) is 4.04. The maximum Gasteiger partial charge on any atom is 0.191 e. The summed E-state index contributed by atoms with van der Waals surface area (Å²) in [7, 11) is 3.61. The quantitative estimate of drug-likeness (QED) is 0.363. The van der Waals surface area contributed by atoms with Crippen molar-refractivity contribution >= 4 is 29.9 Å². The summed E-state index contributed by atoms with van der Waals surface area (Å²) in [6.45, 7) is 9.31. The number of hydrogen-bond donors (Lipinski definition) is 2. The molecule has 6 heteroatoms. The van der Waals surface area contributed by atoms with Crippen molar-refractivity contribution in [2.45, 2.75) is 39.2 Å². The average Bonchev–Trinajstić information content (AvgIpc) is 2.59. The maximum absolute atomic E-state index is 5.16. The van der Waals surface area contributed by atoms with Crippen LogP contribution in [-0.2, 0) is 11.2 Å². The standard InChI is InChI=1S/C20H34N4O.HI/c1-16-13-17(2)15-18(14-16)5-8-22-20(21-3)23-19-6-9-24(10-7-19)11-12-25-4;/h13-15,19H,5-12H2,1-4H3,(H2,21,22,23);1H. The first-order valence-corrected chi connectivity index (χ1v) is 9.36. The van der Waals surface area contributed by atoms with Gasteiger partial charge in [-0.1, -0.05) is 29.3 Å². The highest BCUT2D eigenvalue weighted by Gasteiger charge is 2.19. The van der Waals surface area contributed by atoms with E-state index in [0.29, 0.717) is 6.04 Å². The monoisotopic (exact) mass is 474 g/mol. The van der Waals surface area contributed by atoms with Gasteiger partial charge < -0.3 is 20.3 Å². The fourth-order valence-corrected chi connectivity index (χ4v) is 3.45. The molecule has 0 aromatic heterocycles. The predicted molar refractivity (Wildman–Crippen MR) is 121 cm³/mol. The number of aryl methyl sites for hydroxylation is 2. The number of halogens is 1. The Morgan fingerprint density at radius 2 is 1.85 bits per heavy atom. The van der Waals surface area contributed by atoms with Crippen LogP contribution in [0.15, 0.2) is 23.2 Å². The third-order valence-electron chi connectivity index (χ3n) is 4.75. The summed E-state index contributed by atoms with van der Waals surface area (Å²) < 4.78 is 5.16. The van der Waals surface area contributed by atoms with Gasteiger partial charge in [-0.2, -0.15) is 0 Å². The highest BCUT2D eigenvalue weighted by Crippen LogP contribution is 2.10. The molecule has 0 amide bonds. The summed E-state index contributed by atoms with van der Waals surface area (Å²) >= 11 is 0. The van der Waals surface area contributed by atoms with Gasteiger partial charge in [-0.15, -0.1) is 24.0 Å². The molecule has 0 bridgehead atoms. The van der Waals surface area contributed by atoms with Gasteiger partial charge in [0.25, 0.3) is 0 Å². The van der Waals surface area contributed by atoms with Crippen LogP contribution >= 0.6 is 24.0 Å². The van der Waals surface area contributed by atoms with Crippen molar-refractivity contribution in [2.75, 3.05) is 46.9 Å². The van der Waals surface area contributed by atoms with Crippen LogP contribution < -0.4 is 10.6 Å². The second-order valence-corrected chi connectivity index (χ2v) is 7.00. The Labute approximate surface area is 176 Å². The SMILES string of the molecule is CN=C(NCCc1cc(C)cc(C)c1)NC1CCN(CCOC)CC1.I. The van der Waals surface area contributed by atoms with Crippen molar-refractivity contribution in [1.29, 1.82) is 0 Å². The van der Waals surface area contributed by atoms with Crippen LogP contribution in [0.4, 0.5) is 0 Å². The summed E-state index contributed by atoms with van der Waals surface area (Å²) in [6.07, 6.45) is 3.32. The molecule has 148 valence electrons. The summed E-state index contributed by atoms with van der Waals surface area (Å²) in [5.74, 6) is 0.916. The Morgan fingerprint density at radius 3 is 2.42 bits per heavy atom. The topological polar surface area (TPSA) is 48.9 Å². The summed E-state index contributed by atoms with van der Waals surface area (Å²) in [5, 5.41) is 7.03. The minimum atomic E-state index is 0. The van der Waals surface area contributed by atoms with Crippen LogP contribution in [0.2, 0.25) is 0 Å². The Morgan fingerprint density at radius 1 is 1.19 bits per heavy atom. The first kappa shape index (κ1) is 23.2. The molecule has 0 spiro atoms. The first-order chi connectivity index (χ1) is 12.1. The number of piperidine rings is 1. The van der Waals surface area contributed by atoms with Gasteiger partial charge in [0.2, 0.25) is 0 Å². The van der Waals surface area contributed by atoms with Crippen LogP contribution in [0, 0.1) is 13.8 Å². The predicted octanol–water partition coefficient (Wildman–Crippen LogP) is 2.74. The van der Waals surface area contributed by atoms with Gasteiger partial charge in [0.1, 0.15) is 0 Å². The number of nitrogens with one attached hydrogen (secondary N) is 2. The lowest BCUT2D eigenvalue weighted by atomic mass is 10.0. The number of rotatable bonds is 7. The van der Waals surface area contributed by atoms with Crippen molar-refractivity contribution in [3.8, 4) is 0 Å². The fourth-order valence-electron chi connectivity index (χ4n) is 3.45. The van der Waals surface area contributed by atoms with E-state index in [2.05, 4.69) is 52.6 Å². The first-order valence-electron chi connectivity index (χ1n) is 9.36. The number of ether oxygens (including phenoxy) is 1. The smallest absolute Gasteiger partial charge is 0.191 e. The Balaban J connectivity index is 0.00000338. The lowest BCUT2D eigenvalue weighted by Crippen LogP contribution is -2.49. The summed E-state index contributed by atoms with van der Waals surface area (Å²) in [4.78, 5) is 6.85. The van der Waals surface area contributed by atoms with E-state index in [4.69, 9.17) is 4.74 Å². The van der Waals surface area contributed by atoms with E-state index in [1.54, 1.807) is 7.11 Å². The molecule has 1 aromatic rings. The number of aliphatic imine (C=N–C) groups is 1. The van der Waals surface area contributed by atoms with Crippen LogP contribution in [0.1, 0.15) is 29.5 Å². The molecule has 0 unspecified atom stereocenters. The van der Waals surface area contributed by atoms with E-state index >= 15 is 0 Å². The minimum Gasteiger partial charge on any atom is -0.383 e. The number of guanidine groups is 1. The third-order valence-corrected chi connectivity index (χ3v) is 4.75. The maximum atomic E-state index is 5.16. The van der Waals surface area contributed by atoms with E-state index in [0.717, 1.165) is 58.0 Å². The molecule has 0 saturated carbocycles. The molecule has 2 N–H and O–H groups in total. The third kappa shape index (κ3) is 8.22. The molecule has 1 fully saturated rings. The second-order valence-electron chi connectivity index (χ2n) is 7.00. The largest absolute Gasteiger partial charge is 0.383 e. The highest BCUT2D eigenvalue weighted by molar-refractivity contribution is 14.0. The van der Waals surface area contributed by atoms with E-state index < -0.39 is 0 Å². The van der Waals surface area contributed by atoms with Gasteiger partial charge in [-0.3, -0.25) is 4.99 Å². The lowest BCUT2D eigenvalue weighted by Gasteiger charge is -2.32.